The van der Waals surface area contributed by atoms with Crippen molar-refractivity contribution in [2.24, 2.45) is 5.92 Å². The maximum absolute atomic E-state index is 11.1. The lowest BCUT2D eigenvalue weighted by atomic mass is 10.0. The number of rotatable bonds is 14. The third-order valence-corrected chi connectivity index (χ3v) is 4.41. The van der Waals surface area contributed by atoms with Crippen molar-refractivity contribution < 1.29 is 19.0 Å². The Morgan fingerprint density at radius 3 is 2.21 bits per heavy atom. The van der Waals surface area contributed by atoms with E-state index >= 15 is 0 Å². The molecule has 1 aliphatic rings. The fourth-order valence-corrected chi connectivity index (χ4v) is 2.81. The second-order valence-corrected chi connectivity index (χ2v) is 7.19. The smallest absolute Gasteiger partial charge is 0.184 e. The summed E-state index contributed by atoms with van der Waals surface area (Å²) in [5, 5.41) is 0. The Labute approximate surface area is 148 Å². The van der Waals surface area contributed by atoms with Gasteiger partial charge in [0.15, 0.2) is 12.1 Å². The molecule has 0 bridgehead atoms. The molecule has 5 nitrogen and oxygen atoms in total. The van der Waals surface area contributed by atoms with E-state index in [1.54, 1.807) is 0 Å². The summed E-state index contributed by atoms with van der Waals surface area (Å²) in [6, 6.07) is 0. The summed E-state index contributed by atoms with van der Waals surface area (Å²) in [5.41, 5.74) is 0. The predicted molar refractivity (Wildman–Crippen MR) is 96.2 cm³/mol. The number of unbranched alkanes of at least 4 members (excludes halogenated alkanes) is 6. The molecule has 0 aliphatic carbocycles. The van der Waals surface area contributed by atoms with Gasteiger partial charge in [0, 0.05) is 19.1 Å². The predicted octanol–water partition coefficient (Wildman–Crippen LogP) is 3.26. The Hall–Kier alpha value is -0.490. The number of ether oxygens (including phenoxy) is 3. The van der Waals surface area contributed by atoms with Gasteiger partial charge in [-0.1, -0.05) is 45.4 Å². The molecule has 24 heavy (non-hydrogen) atoms. The van der Waals surface area contributed by atoms with Crippen LogP contribution in [0.5, 0.6) is 0 Å². The molecule has 5 heteroatoms. The van der Waals surface area contributed by atoms with Gasteiger partial charge in [0.05, 0.1) is 6.61 Å². The van der Waals surface area contributed by atoms with E-state index in [1.165, 1.54) is 44.9 Å². The average Bonchev–Trinajstić information content (AvgIpc) is 2.56. The number of likely N-dealkylation sites (N-methyl/N-ethyl adjacent to an activating group) is 1. The van der Waals surface area contributed by atoms with Crippen LogP contribution in [0, 0.1) is 5.92 Å². The maximum Gasteiger partial charge on any atom is 0.184 e. The van der Waals surface area contributed by atoms with Crippen molar-refractivity contribution in [1.82, 2.24) is 4.90 Å². The Balaban J connectivity index is 1.81. The molecule has 1 aliphatic heterocycles. The van der Waals surface area contributed by atoms with Crippen molar-refractivity contribution in [3.05, 3.63) is 0 Å². The normalized spacial score (nSPS) is 17.6. The van der Waals surface area contributed by atoms with Crippen LogP contribution in [0.2, 0.25) is 0 Å². The SMILES string of the molecule is CC(CCCCCCCCCOCCN(C)C)C1OCC(=O)CO1. The Morgan fingerprint density at radius 2 is 1.58 bits per heavy atom. The summed E-state index contributed by atoms with van der Waals surface area (Å²) >= 11 is 0. The second-order valence-electron chi connectivity index (χ2n) is 7.19. The van der Waals surface area contributed by atoms with Gasteiger partial charge < -0.3 is 19.1 Å². The molecular formula is C19H37NO4. The minimum atomic E-state index is -0.185. The van der Waals surface area contributed by atoms with Crippen LogP contribution < -0.4 is 0 Å². The molecule has 0 aromatic carbocycles. The number of Topliss-reactive ketones (excluding diaryl/α,β-unsaturated/α-hetero) is 1. The van der Waals surface area contributed by atoms with Crippen LogP contribution in [-0.4, -0.2) is 64.0 Å². The zero-order valence-electron chi connectivity index (χ0n) is 15.9. The number of nitrogens with zero attached hydrogens (tertiary/aromatic N) is 1. The van der Waals surface area contributed by atoms with Crippen LogP contribution in [0.3, 0.4) is 0 Å². The highest BCUT2D eigenvalue weighted by Crippen LogP contribution is 2.20. The van der Waals surface area contributed by atoms with E-state index in [4.69, 9.17) is 14.2 Å². The fourth-order valence-electron chi connectivity index (χ4n) is 2.81. The molecule has 0 radical (unpaired) electrons. The van der Waals surface area contributed by atoms with Gasteiger partial charge in [-0.15, -0.1) is 0 Å². The number of carbonyl (C=O) groups excluding carboxylic acids is 1. The first-order chi connectivity index (χ1) is 11.6. The van der Waals surface area contributed by atoms with E-state index in [0.29, 0.717) is 5.92 Å². The number of hydrogen-bond acceptors (Lipinski definition) is 5. The third-order valence-electron chi connectivity index (χ3n) is 4.41. The molecule has 0 amide bonds. The first kappa shape index (κ1) is 21.6. The molecule has 1 rings (SSSR count). The molecule has 0 aromatic rings. The number of carbonyl (C=O) groups is 1. The van der Waals surface area contributed by atoms with E-state index in [-0.39, 0.29) is 25.3 Å². The van der Waals surface area contributed by atoms with E-state index < -0.39 is 0 Å². The molecule has 1 atom stereocenters. The number of ketones is 1. The summed E-state index contributed by atoms with van der Waals surface area (Å²) in [6.45, 7) is 5.33. The molecular weight excluding hydrogens is 306 g/mol. The zero-order valence-corrected chi connectivity index (χ0v) is 15.9. The quantitative estimate of drug-likeness (QED) is 0.453. The van der Waals surface area contributed by atoms with E-state index in [2.05, 4.69) is 25.9 Å². The van der Waals surface area contributed by atoms with Crippen LogP contribution in [0.25, 0.3) is 0 Å². The topological polar surface area (TPSA) is 48.0 Å². The summed E-state index contributed by atoms with van der Waals surface area (Å²) in [5.74, 6) is 0.416. The molecule has 1 saturated heterocycles. The molecule has 0 aromatic heterocycles. The van der Waals surface area contributed by atoms with Gasteiger partial charge in [-0.25, -0.2) is 0 Å². The van der Waals surface area contributed by atoms with Gasteiger partial charge in [0.25, 0.3) is 0 Å². The van der Waals surface area contributed by atoms with Crippen LogP contribution in [0.4, 0.5) is 0 Å². The fraction of sp³-hybridized carbons (Fsp3) is 0.947. The van der Waals surface area contributed by atoms with Gasteiger partial charge in [0.1, 0.15) is 13.2 Å². The second kappa shape index (κ2) is 13.8. The Morgan fingerprint density at radius 1 is 1.00 bits per heavy atom. The van der Waals surface area contributed by atoms with E-state index in [0.717, 1.165) is 26.2 Å². The van der Waals surface area contributed by atoms with Crippen LogP contribution in [-0.2, 0) is 19.0 Å². The lowest BCUT2D eigenvalue weighted by molar-refractivity contribution is -0.202. The maximum atomic E-state index is 11.1. The zero-order chi connectivity index (χ0) is 17.6. The molecule has 1 unspecified atom stereocenters. The van der Waals surface area contributed by atoms with Crippen LogP contribution >= 0.6 is 0 Å². The first-order valence-corrected chi connectivity index (χ1v) is 9.57. The van der Waals surface area contributed by atoms with Crippen molar-refractivity contribution >= 4 is 5.78 Å². The molecule has 0 N–H and O–H groups in total. The van der Waals surface area contributed by atoms with E-state index in [1.807, 2.05) is 0 Å². The van der Waals surface area contributed by atoms with Crippen molar-refractivity contribution in [3.63, 3.8) is 0 Å². The largest absolute Gasteiger partial charge is 0.380 e. The van der Waals surface area contributed by atoms with Crippen LogP contribution in [0.15, 0.2) is 0 Å². The summed E-state index contributed by atoms with van der Waals surface area (Å²) < 4.78 is 16.5. The molecule has 0 saturated carbocycles. The third kappa shape index (κ3) is 11.1. The van der Waals surface area contributed by atoms with Crippen molar-refractivity contribution in [1.29, 1.82) is 0 Å². The van der Waals surface area contributed by atoms with Crippen molar-refractivity contribution in [3.8, 4) is 0 Å². The van der Waals surface area contributed by atoms with Crippen molar-refractivity contribution in [2.75, 3.05) is 47.1 Å². The van der Waals surface area contributed by atoms with Gasteiger partial charge in [0.2, 0.25) is 0 Å². The monoisotopic (exact) mass is 343 g/mol. The lowest BCUT2D eigenvalue weighted by Gasteiger charge is -2.27. The minimum absolute atomic E-state index is 0.0431. The summed E-state index contributed by atoms with van der Waals surface area (Å²) in [4.78, 5) is 13.2. The highest BCUT2D eigenvalue weighted by atomic mass is 16.7. The Bertz CT molecular complexity index is 312. The first-order valence-electron chi connectivity index (χ1n) is 9.57. The Kier molecular flexibility index (Phi) is 12.4. The highest BCUT2D eigenvalue weighted by Gasteiger charge is 2.24. The van der Waals surface area contributed by atoms with Gasteiger partial charge in [-0.3, -0.25) is 4.79 Å². The van der Waals surface area contributed by atoms with Crippen LogP contribution in [0.1, 0.15) is 58.3 Å². The minimum Gasteiger partial charge on any atom is -0.380 e. The van der Waals surface area contributed by atoms with Gasteiger partial charge >= 0.3 is 0 Å². The summed E-state index contributed by atoms with van der Waals surface area (Å²) in [6.07, 6.45) is 9.80. The van der Waals surface area contributed by atoms with Crippen molar-refractivity contribution in [2.45, 2.75) is 64.6 Å². The highest BCUT2D eigenvalue weighted by molar-refractivity contribution is 5.81. The van der Waals surface area contributed by atoms with Gasteiger partial charge in [-0.2, -0.15) is 0 Å². The standard InChI is InChI=1S/C19H37NO4/c1-17(19-23-15-18(21)16-24-19)11-9-7-5-4-6-8-10-13-22-14-12-20(2)3/h17,19H,4-16H2,1-3H3. The van der Waals surface area contributed by atoms with E-state index in [9.17, 15) is 4.79 Å². The average molecular weight is 344 g/mol. The number of hydrogen-bond donors (Lipinski definition) is 0. The molecule has 0 spiro atoms. The molecule has 1 fully saturated rings. The van der Waals surface area contributed by atoms with Gasteiger partial charge in [-0.05, 0) is 26.9 Å². The molecule has 142 valence electrons. The molecule has 1 heterocycles. The lowest BCUT2D eigenvalue weighted by Crippen LogP contribution is -2.36. The summed E-state index contributed by atoms with van der Waals surface area (Å²) in [7, 11) is 4.14.